The zero-order valence-corrected chi connectivity index (χ0v) is 53.8. The Morgan fingerprint density at radius 1 is 0.521 bits per heavy atom. The lowest BCUT2D eigenvalue weighted by Gasteiger charge is -2.26. The molecule has 8 amide bonds. The summed E-state index contributed by atoms with van der Waals surface area (Å²) in [6, 6.07) is 35.3. The van der Waals surface area contributed by atoms with E-state index < -0.39 is 47.3 Å². The third-order valence-electron chi connectivity index (χ3n) is 16.2. The summed E-state index contributed by atoms with van der Waals surface area (Å²) in [5.74, 6) is -8.31. The van der Waals surface area contributed by atoms with Crippen LogP contribution in [0.3, 0.4) is 0 Å². The van der Waals surface area contributed by atoms with Gasteiger partial charge in [0.25, 0.3) is 0 Å². The number of carbonyl (C=O) groups is 6. The normalized spacial score (nSPS) is 16.9. The summed E-state index contributed by atoms with van der Waals surface area (Å²) < 4.78 is 26.0. The highest BCUT2D eigenvalue weighted by atomic mass is 16.5. The molecule has 4 fully saturated rings. The van der Waals surface area contributed by atoms with E-state index in [0.717, 1.165) is 114 Å². The van der Waals surface area contributed by atoms with E-state index in [1.807, 2.05) is 102 Å². The molecule has 5 aromatic carbocycles. The Morgan fingerprint density at radius 2 is 0.947 bits per heavy atom. The number of likely N-dealkylation sites (N-methyl/N-ethyl adjacent to an activating group) is 2. The fraction of sp³-hybridized carbons (Fsp3) is 0.394. The number of ether oxygens (including phenoxy) is 4. The molecule has 11 rings (SSSR count). The minimum Gasteiger partial charge on any atom is -0.492 e. The van der Waals surface area contributed by atoms with Gasteiger partial charge < -0.3 is 50.0 Å². The maximum atomic E-state index is 13.5. The van der Waals surface area contributed by atoms with Crippen molar-refractivity contribution in [2.24, 2.45) is 0 Å². The first-order valence-corrected chi connectivity index (χ1v) is 30.8. The van der Waals surface area contributed by atoms with E-state index in [0.29, 0.717) is 64.5 Å². The quantitative estimate of drug-likeness (QED) is 0.0414. The average molecular weight is 1290 g/mol. The van der Waals surface area contributed by atoms with Crippen molar-refractivity contribution in [1.82, 2.24) is 49.4 Å². The van der Waals surface area contributed by atoms with Gasteiger partial charge in [0.05, 0.1) is 68.0 Å². The van der Waals surface area contributed by atoms with Crippen molar-refractivity contribution < 1.29 is 68.1 Å². The molecular formula is C66H80N14O14. The number of hydrogen-bond donors (Lipinski definition) is 8. The van der Waals surface area contributed by atoms with Crippen LogP contribution >= 0.6 is 0 Å². The van der Waals surface area contributed by atoms with Crippen LogP contribution in [0.1, 0.15) is 64.1 Å². The van der Waals surface area contributed by atoms with Crippen LogP contribution in [-0.4, -0.2) is 210 Å². The highest BCUT2D eigenvalue weighted by Gasteiger charge is 2.57. The van der Waals surface area contributed by atoms with E-state index in [9.17, 15) is 49.2 Å². The smallest absolute Gasteiger partial charge is 0.330 e. The monoisotopic (exact) mass is 1290 g/mol. The van der Waals surface area contributed by atoms with E-state index >= 15 is 0 Å². The van der Waals surface area contributed by atoms with Crippen molar-refractivity contribution in [3.63, 3.8) is 0 Å². The third-order valence-corrected chi connectivity index (χ3v) is 16.2. The lowest BCUT2D eigenvalue weighted by atomic mass is 9.92. The summed E-state index contributed by atoms with van der Waals surface area (Å²) in [6.45, 7) is 21.3. The molecule has 498 valence electrons. The number of carbonyl (C=O) groups excluding carboxylic acids is 6. The number of nitrogens with zero attached hydrogens (tertiary/aromatic N) is 10. The number of urea groups is 2. The molecule has 0 atom stereocenters. The average Bonchev–Trinajstić information content (AvgIpc) is 1.60. The number of morpholine rings is 2. The highest BCUT2D eigenvalue weighted by molar-refractivity contribution is 6.11. The first kappa shape index (κ1) is 67.4. The Labute approximate surface area is 543 Å². The molecule has 0 saturated carbocycles. The molecule has 4 saturated heterocycles. The van der Waals surface area contributed by atoms with Gasteiger partial charge >= 0.3 is 47.3 Å². The summed E-state index contributed by atoms with van der Waals surface area (Å²) in [6.07, 6.45) is 0. The number of rotatable bonds is 18. The first-order chi connectivity index (χ1) is 44.6. The Balaban J connectivity index is 0.000000206. The molecule has 0 bridgehead atoms. The molecular weight excluding hydrogens is 1210 g/mol. The molecule has 28 nitrogen and oxygen atoms in total. The van der Waals surface area contributed by atoms with Crippen LogP contribution in [0, 0.1) is 0 Å². The van der Waals surface area contributed by atoms with E-state index in [1.165, 1.54) is 14.1 Å². The zero-order chi connectivity index (χ0) is 67.3. The molecule has 6 heterocycles. The first-order valence-electron chi connectivity index (χ1n) is 30.8. The number of hydrogen-bond acceptors (Lipinski definition) is 18. The predicted octanol–water partition coefficient (Wildman–Crippen LogP) is 5.00. The standard InChI is InChI=1S/C35H41N7O7.C31H39N7O7/c1-34(2,3)29-21-30(42(38-29)24-11-9-23(10-12-24)22-41-32(44)35(46,47)31(43)39(41)4)37-33(45)36-27-13-14-28(26-8-6-5-7-25(26)27)49-20-17-40-15-18-48-19-16-40;1-30(2,3)25-19-26(33-29(41)32-22-7-11-24(12-8-22)45-18-15-36-13-16-44-17-14-36)38(34-25)23-9-5-21(6-10-23)20-37-28(40)31(42,43)27(39)35(37)4/h5-14,21,46-47H,15-20,22H2,1-4H3,(H2,36,37,45);5-12,19,42-43H,13-18,20H2,1-4H3,(H2,32,33,41). The van der Waals surface area contributed by atoms with Gasteiger partial charge in [-0.3, -0.25) is 39.6 Å². The number of amides is 8. The molecule has 8 N–H and O–H groups in total. The fourth-order valence-corrected chi connectivity index (χ4v) is 10.7. The number of hydrazine groups is 2. The SMILES string of the molecule is CN1C(=O)C(O)(O)C(=O)N1Cc1ccc(-n2nc(C(C)(C)C)cc2NC(=O)Nc2ccc(OCCN3CCOCC3)c3ccccc23)cc1.CN1C(=O)C(O)(O)C(=O)N1Cc1ccc(-n2nc(C(C)(C)C)cc2NC(=O)Nc2ccc(OCCN3CCOCC3)cc2)cc1. The Morgan fingerprint density at radius 3 is 1.37 bits per heavy atom. The van der Waals surface area contributed by atoms with Crippen LogP contribution in [0.5, 0.6) is 11.5 Å². The van der Waals surface area contributed by atoms with E-state index in [1.54, 1.807) is 70.0 Å². The van der Waals surface area contributed by atoms with Crippen LogP contribution in [-0.2, 0) is 52.6 Å². The Bertz CT molecular complexity index is 3890. The van der Waals surface area contributed by atoms with Gasteiger partial charge in [-0.2, -0.15) is 10.2 Å². The number of nitrogens with one attached hydrogen (secondary N) is 4. The summed E-state index contributed by atoms with van der Waals surface area (Å²) in [7, 11) is 2.59. The summed E-state index contributed by atoms with van der Waals surface area (Å²) >= 11 is 0. The highest BCUT2D eigenvalue weighted by Crippen LogP contribution is 2.34. The molecule has 4 aliphatic rings. The maximum absolute atomic E-state index is 13.5. The van der Waals surface area contributed by atoms with Crippen LogP contribution in [0.15, 0.2) is 121 Å². The van der Waals surface area contributed by atoms with Crippen molar-refractivity contribution in [1.29, 1.82) is 0 Å². The molecule has 0 aliphatic carbocycles. The van der Waals surface area contributed by atoms with Crippen molar-refractivity contribution in [2.45, 2.75) is 77.0 Å². The molecule has 94 heavy (non-hydrogen) atoms. The predicted molar refractivity (Wildman–Crippen MR) is 347 cm³/mol. The van der Waals surface area contributed by atoms with E-state index in [4.69, 9.17) is 29.1 Å². The Kier molecular flexibility index (Phi) is 20.1. The molecule has 0 radical (unpaired) electrons. The molecule has 28 heteroatoms. The van der Waals surface area contributed by atoms with Crippen molar-refractivity contribution in [3.8, 4) is 22.9 Å². The number of aromatic nitrogens is 4. The van der Waals surface area contributed by atoms with Crippen LogP contribution in [0.2, 0.25) is 0 Å². The van der Waals surface area contributed by atoms with E-state index in [-0.39, 0.29) is 23.9 Å². The molecule has 0 spiro atoms. The van der Waals surface area contributed by atoms with Gasteiger partial charge in [0.2, 0.25) is 0 Å². The zero-order valence-electron chi connectivity index (χ0n) is 53.8. The maximum Gasteiger partial charge on any atom is 0.330 e. The van der Waals surface area contributed by atoms with Gasteiger partial charge in [-0.05, 0) is 71.8 Å². The number of fused-ring (bicyclic) bond motifs is 1. The molecule has 7 aromatic rings. The lowest BCUT2D eigenvalue weighted by molar-refractivity contribution is -0.186. The topological polar surface area (TPSA) is 323 Å². The molecule has 0 unspecified atom stereocenters. The minimum atomic E-state index is -3.08. The summed E-state index contributed by atoms with van der Waals surface area (Å²) in [5.41, 5.74) is 4.63. The summed E-state index contributed by atoms with van der Waals surface area (Å²) in [5, 5.41) is 65.9. The molecule has 4 aliphatic heterocycles. The van der Waals surface area contributed by atoms with Crippen molar-refractivity contribution in [3.05, 3.63) is 144 Å². The second-order valence-corrected chi connectivity index (χ2v) is 25.2. The van der Waals surface area contributed by atoms with Crippen molar-refractivity contribution in [2.75, 3.05) is 114 Å². The lowest BCUT2D eigenvalue weighted by Crippen LogP contribution is -2.43. The second kappa shape index (κ2) is 28.0. The van der Waals surface area contributed by atoms with Gasteiger partial charge in [0.15, 0.2) is 0 Å². The van der Waals surface area contributed by atoms with Gasteiger partial charge in [-0.15, -0.1) is 0 Å². The third kappa shape index (κ3) is 15.4. The van der Waals surface area contributed by atoms with Gasteiger partial charge in [-0.1, -0.05) is 90.1 Å². The fourth-order valence-electron chi connectivity index (χ4n) is 10.7. The van der Waals surface area contributed by atoms with Crippen LogP contribution in [0.4, 0.5) is 32.6 Å². The number of anilines is 4. The van der Waals surface area contributed by atoms with Crippen LogP contribution in [0.25, 0.3) is 22.1 Å². The van der Waals surface area contributed by atoms with E-state index in [2.05, 4.69) is 31.1 Å². The van der Waals surface area contributed by atoms with Crippen molar-refractivity contribution >= 4 is 69.5 Å². The molecule has 2 aromatic heterocycles. The van der Waals surface area contributed by atoms with Crippen LogP contribution < -0.4 is 30.7 Å². The summed E-state index contributed by atoms with van der Waals surface area (Å²) in [4.78, 5) is 79.9. The van der Waals surface area contributed by atoms with Gasteiger partial charge in [-0.25, -0.2) is 39.0 Å². The number of aliphatic hydroxyl groups is 4. The second-order valence-electron chi connectivity index (χ2n) is 25.2. The van der Waals surface area contributed by atoms with Gasteiger partial charge in [0.1, 0.15) is 36.3 Å². The Hall–Kier alpha value is -9.52. The van der Waals surface area contributed by atoms with Gasteiger partial charge in [0, 0.05) is 92.8 Å². The number of benzene rings is 5. The largest absolute Gasteiger partial charge is 0.492 e. The minimum absolute atomic E-state index is 0.0538.